The van der Waals surface area contributed by atoms with Crippen molar-refractivity contribution in [3.05, 3.63) is 54.0 Å². The van der Waals surface area contributed by atoms with E-state index in [4.69, 9.17) is 0 Å². The molecule has 1 N–H and O–H groups in total. The molecule has 0 radical (unpaired) electrons. The summed E-state index contributed by atoms with van der Waals surface area (Å²) in [5, 5.41) is 19.1. The molecule has 39 heavy (non-hydrogen) atoms. The summed E-state index contributed by atoms with van der Waals surface area (Å²) in [5.74, 6) is 0.509. The number of hydrogen-bond donors (Lipinski definition) is 1. The molecule has 14 heteroatoms. The van der Waals surface area contributed by atoms with Gasteiger partial charge in [0.2, 0.25) is 0 Å². The van der Waals surface area contributed by atoms with Crippen molar-refractivity contribution in [1.29, 1.82) is 0 Å². The molecule has 3 fully saturated rings. The van der Waals surface area contributed by atoms with E-state index in [1.165, 1.54) is 34.0 Å². The molecule has 3 aromatic rings. The van der Waals surface area contributed by atoms with Crippen LogP contribution in [0, 0.1) is 5.82 Å². The summed E-state index contributed by atoms with van der Waals surface area (Å²) in [6.07, 6.45) is 3.63. The lowest BCUT2D eigenvalue weighted by Gasteiger charge is -2.37. The van der Waals surface area contributed by atoms with E-state index in [1.807, 2.05) is 11.5 Å². The number of fused-ring (bicyclic) bond motifs is 1. The highest BCUT2D eigenvalue weighted by Crippen LogP contribution is 2.32. The van der Waals surface area contributed by atoms with Crippen molar-refractivity contribution in [3.63, 3.8) is 0 Å². The first-order valence-corrected chi connectivity index (χ1v) is 15.5. The van der Waals surface area contributed by atoms with E-state index in [0.29, 0.717) is 39.3 Å². The number of anilines is 1. The highest BCUT2D eigenvalue weighted by Gasteiger charge is 2.37. The van der Waals surface area contributed by atoms with Crippen molar-refractivity contribution in [2.45, 2.75) is 42.3 Å². The molecule has 0 aliphatic carbocycles. The monoisotopic (exact) mass is 576 g/mol. The van der Waals surface area contributed by atoms with Gasteiger partial charge in [-0.3, -0.25) is 9.80 Å². The van der Waals surface area contributed by atoms with Crippen LogP contribution in [0.15, 0.2) is 41.0 Å². The van der Waals surface area contributed by atoms with E-state index >= 15 is 0 Å². The van der Waals surface area contributed by atoms with Crippen LogP contribution in [0.3, 0.4) is 0 Å². The standard InChI is InChI=1S/C25H33FN8O3S2/c1-18(19-2-4-20(26)5-3-19)34-17-28-29-23(34)16-30-6-10-33(11-7-30)39(36,37)24-13-27-25(38-24)32-9-8-31-15-22(35)12-21(31)14-32/h2-5,13,17-18,21-22,35H,6-12,14-16H2,1H3. The number of halogens is 1. The van der Waals surface area contributed by atoms with Gasteiger partial charge in [-0.15, -0.1) is 10.2 Å². The molecule has 0 bridgehead atoms. The lowest BCUT2D eigenvalue weighted by molar-refractivity contribution is 0.173. The van der Waals surface area contributed by atoms with E-state index < -0.39 is 10.0 Å². The van der Waals surface area contributed by atoms with E-state index in [9.17, 15) is 17.9 Å². The van der Waals surface area contributed by atoms with Gasteiger partial charge in [0.1, 0.15) is 18.0 Å². The molecule has 0 spiro atoms. The van der Waals surface area contributed by atoms with E-state index in [1.54, 1.807) is 18.5 Å². The fourth-order valence-corrected chi connectivity index (χ4v) is 8.50. The topological polar surface area (TPSA) is 111 Å². The third-order valence-corrected chi connectivity index (χ3v) is 11.4. The molecule has 0 saturated carbocycles. The molecule has 3 unspecified atom stereocenters. The maximum atomic E-state index is 13.4. The van der Waals surface area contributed by atoms with E-state index in [0.717, 1.165) is 42.6 Å². The molecule has 6 rings (SSSR count). The first-order chi connectivity index (χ1) is 18.8. The van der Waals surface area contributed by atoms with E-state index in [2.05, 4.69) is 29.9 Å². The van der Waals surface area contributed by atoms with Gasteiger partial charge in [0.05, 0.1) is 24.9 Å². The summed E-state index contributed by atoms with van der Waals surface area (Å²) in [6, 6.07) is 6.65. The number of thiazole rings is 1. The predicted octanol–water partition coefficient (Wildman–Crippen LogP) is 1.24. The number of benzene rings is 1. The lowest BCUT2D eigenvalue weighted by atomic mass is 10.1. The van der Waals surface area contributed by atoms with Gasteiger partial charge in [-0.25, -0.2) is 17.8 Å². The minimum Gasteiger partial charge on any atom is -0.392 e. The number of rotatable bonds is 7. The Balaban J connectivity index is 1.06. The summed E-state index contributed by atoms with van der Waals surface area (Å²) >= 11 is 1.23. The molecule has 0 amide bonds. The fourth-order valence-electron chi connectivity index (χ4n) is 5.77. The number of piperazine rings is 2. The molecule has 1 aromatic carbocycles. The summed E-state index contributed by atoms with van der Waals surface area (Å²) in [6.45, 7) is 7.59. The number of sulfonamides is 1. The molecular weight excluding hydrogens is 543 g/mol. The molecule has 3 atom stereocenters. The second-order valence-electron chi connectivity index (χ2n) is 10.5. The zero-order valence-electron chi connectivity index (χ0n) is 21.8. The molecule has 3 aliphatic rings. The molecule has 3 saturated heterocycles. The van der Waals surface area contributed by atoms with Gasteiger partial charge in [0, 0.05) is 58.4 Å². The Morgan fingerprint density at radius 1 is 1.10 bits per heavy atom. The van der Waals surface area contributed by atoms with Gasteiger partial charge in [0.15, 0.2) is 9.34 Å². The molecule has 3 aliphatic heterocycles. The van der Waals surface area contributed by atoms with Crippen LogP contribution in [0.2, 0.25) is 0 Å². The highest BCUT2D eigenvalue weighted by molar-refractivity contribution is 7.91. The minimum absolute atomic E-state index is 0.0560. The predicted molar refractivity (Wildman–Crippen MR) is 145 cm³/mol. The van der Waals surface area contributed by atoms with Gasteiger partial charge in [-0.1, -0.05) is 23.5 Å². The maximum Gasteiger partial charge on any atom is 0.254 e. The fraction of sp³-hybridized carbons (Fsp3) is 0.560. The van der Waals surface area contributed by atoms with Crippen LogP contribution < -0.4 is 4.90 Å². The first-order valence-electron chi connectivity index (χ1n) is 13.3. The SMILES string of the molecule is CC(c1ccc(F)cc1)n1cnnc1CN1CCN(S(=O)(=O)c2cnc(N3CCN4CC(O)CC4C3)s2)CC1. The second kappa shape index (κ2) is 10.8. The Kier molecular flexibility index (Phi) is 7.41. The van der Waals surface area contributed by atoms with Crippen LogP contribution in [0.25, 0.3) is 0 Å². The number of hydrogen-bond acceptors (Lipinski definition) is 10. The summed E-state index contributed by atoms with van der Waals surface area (Å²) in [5.41, 5.74) is 0.958. The van der Waals surface area contributed by atoms with Crippen LogP contribution in [0.1, 0.15) is 30.8 Å². The smallest absolute Gasteiger partial charge is 0.254 e. The molecule has 210 valence electrons. The van der Waals surface area contributed by atoms with Crippen molar-refractivity contribution in [2.75, 3.05) is 57.3 Å². The molecular formula is C25H33FN8O3S2. The first kappa shape index (κ1) is 26.7. The zero-order chi connectivity index (χ0) is 27.1. The van der Waals surface area contributed by atoms with Crippen LogP contribution in [-0.2, 0) is 16.6 Å². The Bertz CT molecular complexity index is 1390. The Labute approximate surface area is 231 Å². The maximum absolute atomic E-state index is 13.4. The van der Waals surface area contributed by atoms with Gasteiger partial charge < -0.3 is 14.6 Å². The van der Waals surface area contributed by atoms with Crippen molar-refractivity contribution in [3.8, 4) is 0 Å². The quantitative estimate of drug-likeness (QED) is 0.444. The van der Waals surface area contributed by atoms with Crippen molar-refractivity contribution in [2.24, 2.45) is 0 Å². The van der Waals surface area contributed by atoms with Gasteiger partial charge in [-0.2, -0.15) is 4.31 Å². The molecule has 11 nitrogen and oxygen atoms in total. The largest absolute Gasteiger partial charge is 0.392 e. The van der Waals surface area contributed by atoms with Crippen LogP contribution in [0.4, 0.5) is 9.52 Å². The Morgan fingerprint density at radius 3 is 2.64 bits per heavy atom. The van der Waals surface area contributed by atoms with Crippen molar-refractivity contribution in [1.82, 2.24) is 33.9 Å². The van der Waals surface area contributed by atoms with Gasteiger partial charge >= 0.3 is 0 Å². The highest BCUT2D eigenvalue weighted by atomic mass is 32.2. The number of aliphatic hydroxyl groups excluding tert-OH is 1. The molecule has 2 aromatic heterocycles. The van der Waals surface area contributed by atoms with Crippen LogP contribution >= 0.6 is 11.3 Å². The van der Waals surface area contributed by atoms with Gasteiger partial charge in [-0.05, 0) is 31.0 Å². The third kappa shape index (κ3) is 5.45. The number of aromatic nitrogens is 4. The summed E-state index contributed by atoms with van der Waals surface area (Å²) in [4.78, 5) is 11.1. The third-order valence-electron chi connectivity index (χ3n) is 8.04. The average molecular weight is 577 g/mol. The normalized spacial score (nSPS) is 24.2. The van der Waals surface area contributed by atoms with Crippen LogP contribution in [-0.4, -0.2) is 112 Å². The summed E-state index contributed by atoms with van der Waals surface area (Å²) < 4.78 is 44.0. The number of aliphatic hydroxyl groups is 1. The van der Waals surface area contributed by atoms with Crippen molar-refractivity contribution < 1.29 is 17.9 Å². The van der Waals surface area contributed by atoms with E-state index in [-0.39, 0.29) is 28.2 Å². The zero-order valence-corrected chi connectivity index (χ0v) is 23.4. The minimum atomic E-state index is -3.63. The molecule has 5 heterocycles. The number of nitrogens with zero attached hydrogens (tertiary/aromatic N) is 8. The van der Waals surface area contributed by atoms with Gasteiger partial charge in [0.25, 0.3) is 10.0 Å². The summed E-state index contributed by atoms with van der Waals surface area (Å²) in [7, 11) is -3.63. The average Bonchev–Trinajstić information content (AvgIpc) is 3.68. The lowest BCUT2D eigenvalue weighted by Crippen LogP contribution is -2.50. The van der Waals surface area contributed by atoms with Crippen molar-refractivity contribution >= 4 is 26.5 Å². The van der Waals surface area contributed by atoms with Crippen LogP contribution in [0.5, 0.6) is 0 Å². The Morgan fingerprint density at radius 2 is 1.87 bits per heavy atom. The second-order valence-corrected chi connectivity index (χ2v) is 13.7. The Hall–Kier alpha value is -2.49.